The van der Waals surface area contributed by atoms with Crippen LogP contribution in [0.4, 0.5) is 22.0 Å². The highest BCUT2D eigenvalue weighted by Gasteiger charge is 2.16. The lowest BCUT2D eigenvalue weighted by Gasteiger charge is -2.10. The van der Waals surface area contributed by atoms with Crippen molar-refractivity contribution in [1.29, 1.82) is 0 Å². The molecule has 2 aromatic carbocycles. The predicted octanol–water partition coefficient (Wildman–Crippen LogP) is 4.75. The summed E-state index contributed by atoms with van der Waals surface area (Å²) in [5.74, 6) is -0.0470. The summed E-state index contributed by atoms with van der Waals surface area (Å²) in [6, 6.07) is 8.90. The van der Waals surface area contributed by atoms with Gasteiger partial charge in [0.1, 0.15) is 11.6 Å². The van der Waals surface area contributed by atoms with Crippen molar-refractivity contribution >= 4 is 34.5 Å². The van der Waals surface area contributed by atoms with Crippen molar-refractivity contribution in [3.05, 3.63) is 59.2 Å². The molecule has 1 heterocycles. The van der Waals surface area contributed by atoms with E-state index in [1.165, 1.54) is 24.3 Å². The number of aryl methyl sites for hydroxylation is 2. The Morgan fingerprint density at radius 2 is 1.67 bits per heavy atom. The Balaban J connectivity index is 1.90. The van der Waals surface area contributed by atoms with Gasteiger partial charge in [-0.3, -0.25) is 4.79 Å². The van der Waals surface area contributed by atoms with E-state index < -0.39 is 5.12 Å². The van der Waals surface area contributed by atoms with Crippen LogP contribution in [0.3, 0.4) is 0 Å². The summed E-state index contributed by atoms with van der Waals surface area (Å²) >= 11 is 0.878. The first kappa shape index (κ1) is 21.3. The molecular formula is C20H19FN6O2S. The third kappa shape index (κ3) is 5.15. The van der Waals surface area contributed by atoms with E-state index in [2.05, 4.69) is 25.2 Å². The summed E-state index contributed by atoms with van der Waals surface area (Å²) in [5.41, 5.74) is 1.85. The highest BCUT2D eigenvalue weighted by Crippen LogP contribution is 2.28. The van der Waals surface area contributed by atoms with E-state index in [1.807, 2.05) is 0 Å². The molecule has 0 saturated carbocycles. The number of hydrogen-bond donors (Lipinski definition) is 1. The monoisotopic (exact) mass is 426 g/mol. The number of phenolic OH excluding ortho intramolecular Hbond substituents is 1. The fraction of sp³-hybridized carbons (Fsp3) is 0.200. The smallest absolute Gasteiger partial charge is 0.274 e. The van der Waals surface area contributed by atoms with Gasteiger partial charge in [0.15, 0.2) is 0 Å². The van der Waals surface area contributed by atoms with E-state index in [0.717, 1.165) is 11.8 Å². The van der Waals surface area contributed by atoms with Crippen LogP contribution >= 0.6 is 11.8 Å². The fourth-order valence-electron chi connectivity index (χ4n) is 2.44. The molecule has 3 aromatic rings. The lowest BCUT2D eigenvalue weighted by molar-refractivity contribution is 0.108. The van der Waals surface area contributed by atoms with Gasteiger partial charge in [0.25, 0.3) is 11.1 Å². The van der Waals surface area contributed by atoms with Crippen molar-refractivity contribution < 1.29 is 14.3 Å². The lowest BCUT2D eigenvalue weighted by Crippen LogP contribution is -2.15. The molecule has 30 heavy (non-hydrogen) atoms. The van der Waals surface area contributed by atoms with Gasteiger partial charge in [0, 0.05) is 19.0 Å². The van der Waals surface area contributed by atoms with Gasteiger partial charge >= 0.3 is 0 Å². The number of aromatic nitrogens is 3. The van der Waals surface area contributed by atoms with Crippen molar-refractivity contribution in [2.24, 2.45) is 10.2 Å². The third-order valence-electron chi connectivity index (χ3n) is 3.95. The highest BCUT2D eigenvalue weighted by molar-refractivity contribution is 8.14. The topological polar surface area (TPSA) is 104 Å². The number of carbonyl (C=O) groups excluding carboxylic acids is 1. The summed E-state index contributed by atoms with van der Waals surface area (Å²) < 4.78 is 13.1. The van der Waals surface area contributed by atoms with E-state index in [9.17, 15) is 14.3 Å². The van der Waals surface area contributed by atoms with Gasteiger partial charge in [-0.2, -0.15) is 15.0 Å². The standard InChI is InChI=1S/C20H19FN6O2S/c1-11-9-14(10-12(2)16(11)28)25-26-19-22-17(23-20(24-19)27(3)4)18(29)30-15-7-5-13(21)6-8-15/h5-10,28H,1-4H3. The summed E-state index contributed by atoms with van der Waals surface area (Å²) in [7, 11) is 3.45. The average Bonchev–Trinajstić information content (AvgIpc) is 2.71. The van der Waals surface area contributed by atoms with E-state index >= 15 is 0 Å². The quantitative estimate of drug-likeness (QED) is 0.464. The molecule has 0 radical (unpaired) electrons. The van der Waals surface area contributed by atoms with Gasteiger partial charge in [-0.1, -0.05) is 0 Å². The Morgan fingerprint density at radius 1 is 1.03 bits per heavy atom. The van der Waals surface area contributed by atoms with Crippen LogP contribution in [0.25, 0.3) is 0 Å². The molecule has 0 bridgehead atoms. The van der Waals surface area contributed by atoms with Gasteiger partial charge in [-0.25, -0.2) is 4.39 Å². The molecule has 0 spiro atoms. The van der Waals surface area contributed by atoms with Gasteiger partial charge in [-0.05, 0) is 73.1 Å². The van der Waals surface area contributed by atoms with Crippen LogP contribution in [0.5, 0.6) is 5.75 Å². The molecule has 1 aromatic heterocycles. The number of halogens is 1. The number of azo groups is 1. The van der Waals surface area contributed by atoms with Gasteiger partial charge < -0.3 is 10.0 Å². The summed E-state index contributed by atoms with van der Waals surface area (Å²) in [4.78, 5) is 27.3. The first-order valence-corrected chi connectivity index (χ1v) is 9.67. The first-order valence-electron chi connectivity index (χ1n) is 8.86. The number of aromatic hydroxyl groups is 1. The molecule has 8 nitrogen and oxygen atoms in total. The van der Waals surface area contributed by atoms with Crippen LogP contribution in [0.15, 0.2) is 51.5 Å². The minimum absolute atomic E-state index is 0.0277. The van der Waals surface area contributed by atoms with Crippen LogP contribution in [0.1, 0.15) is 21.7 Å². The molecule has 0 aliphatic carbocycles. The first-order chi connectivity index (χ1) is 14.2. The van der Waals surface area contributed by atoms with Crippen molar-refractivity contribution in [3.8, 4) is 5.75 Å². The summed E-state index contributed by atoms with van der Waals surface area (Å²) in [6.07, 6.45) is 0. The molecule has 0 atom stereocenters. The Labute approximate surface area is 176 Å². The molecule has 0 fully saturated rings. The molecule has 154 valence electrons. The van der Waals surface area contributed by atoms with Crippen molar-refractivity contribution in [1.82, 2.24) is 15.0 Å². The van der Waals surface area contributed by atoms with Crippen molar-refractivity contribution in [3.63, 3.8) is 0 Å². The molecular weight excluding hydrogens is 407 g/mol. The molecule has 0 saturated heterocycles. The molecule has 0 unspecified atom stereocenters. The summed E-state index contributed by atoms with van der Waals surface area (Å²) in [6.45, 7) is 3.52. The summed E-state index contributed by atoms with van der Waals surface area (Å²) in [5, 5.41) is 17.6. The van der Waals surface area contributed by atoms with Crippen LogP contribution < -0.4 is 4.90 Å². The predicted molar refractivity (Wildman–Crippen MR) is 112 cm³/mol. The molecule has 0 aliphatic rings. The molecule has 0 aliphatic heterocycles. The molecule has 10 heteroatoms. The molecule has 0 amide bonds. The fourth-order valence-corrected chi connectivity index (χ4v) is 3.11. The second-order valence-electron chi connectivity index (χ2n) is 6.63. The third-order valence-corrected chi connectivity index (χ3v) is 4.83. The number of carbonyl (C=O) groups is 1. The SMILES string of the molecule is Cc1cc(N=Nc2nc(C(=O)Sc3ccc(F)cc3)nc(N(C)C)n2)cc(C)c1O. The average molecular weight is 426 g/mol. The maximum atomic E-state index is 13.1. The van der Waals surface area contributed by atoms with E-state index in [-0.39, 0.29) is 29.3 Å². The number of anilines is 1. The Bertz CT molecular complexity index is 1100. The molecule has 1 N–H and O–H groups in total. The normalized spacial score (nSPS) is 11.1. The van der Waals surface area contributed by atoms with Gasteiger partial charge in [0.2, 0.25) is 11.8 Å². The van der Waals surface area contributed by atoms with Gasteiger partial charge in [-0.15, -0.1) is 10.2 Å². The van der Waals surface area contributed by atoms with Crippen LogP contribution in [-0.4, -0.2) is 39.3 Å². The Morgan fingerprint density at radius 3 is 2.27 bits per heavy atom. The number of nitrogens with zero attached hydrogens (tertiary/aromatic N) is 6. The zero-order valence-electron chi connectivity index (χ0n) is 16.8. The number of benzene rings is 2. The van der Waals surface area contributed by atoms with Crippen LogP contribution in [0, 0.1) is 19.7 Å². The van der Waals surface area contributed by atoms with Crippen LogP contribution in [-0.2, 0) is 0 Å². The van der Waals surface area contributed by atoms with Crippen molar-refractivity contribution in [2.75, 3.05) is 19.0 Å². The van der Waals surface area contributed by atoms with Crippen molar-refractivity contribution in [2.45, 2.75) is 18.7 Å². The number of phenols is 1. The molecule has 3 rings (SSSR count). The Kier molecular flexibility index (Phi) is 6.36. The maximum absolute atomic E-state index is 13.1. The second-order valence-corrected chi connectivity index (χ2v) is 7.67. The zero-order chi connectivity index (χ0) is 21.8. The minimum Gasteiger partial charge on any atom is -0.507 e. The van der Waals surface area contributed by atoms with E-state index in [1.54, 1.807) is 45.0 Å². The van der Waals surface area contributed by atoms with E-state index in [4.69, 9.17) is 0 Å². The zero-order valence-corrected chi connectivity index (χ0v) is 17.6. The second kappa shape index (κ2) is 8.95. The highest BCUT2D eigenvalue weighted by atomic mass is 32.2. The minimum atomic E-state index is -0.431. The number of thioether (sulfide) groups is 1. The van der Waals surface area contributed by atoms with Gasteiger partial charge in [0.05, 0.1) is 5.69 Å². The number of hydrogen-bond acceptors (Lipinski definition) is 9. The Hall–Kier alpha value is -3.40. The maximum Gasteiger partial charge on any atom is 0.274 e. The lowest BCUT2D eigenvalue weighted by atomic mass is 10.1. The van der Waals surface area contributed by atoms with Crippen LogP contribution in [0.2, 0.25) is 0 Å². The number of rotatable bonds is 5. The van der Waals surface area contributed by atoms with E-state index in [0.29, 0.717) is 21.7 Å². The largest absolute Gasteiger partial charge is 0.507 e.